The number of benzene rings is 1. The normalized spacial score (nSPS) is 20.1. The number of thioether (sulfide) groups is 1. The quantitative estimate of drug-likeness (QED) is 0.896. The van der Waals surface area contributed by atoms with Crippen LogP contribution in [0.2, 0.25) is 0 Å². The monoisotopic (exact) mass is 247 g/mol. The van der Waals surface area contributed by atoms with Gasteiger partial charge in [-0.25, -0.2) is 0 Å². The van der Waals surface area contributed by atoms with Gasteiger partial charge >= 0.3 is 0 Å². The standard InChI is InChI=1S/C14H17NOS/c1-2-6-14-13(5-1)11(10-16-14)8-15-9-12-4-3-7-17-12/h1-2,5-6,10,12,15H,3-4,7-9H2. The third-order valence-corrected chi connectivity index (χ3v) is 4.67. The van der Waals surface area contributed by atoms with Crippen LogP contribution in [-0.2, 0) is 6.54 Å². The number of rotatable bonds is 4. The van der Waals surface area contributed by atoms with Gasteiger partial charge in [0.2, 0.25) is 0 Å². The Bertz CT molecular complexity index is 488. The van der Waals surface area contributed by atoms with Crippen LogP contribution in [0.25, 0.3) is 11.0 Å². The van der Waals surface area contributed by atoms with Gasteiger partial charge in [-0.15, -0.1) is 0 Å². The number of hydrogen-bond donors (Lipinski definition) is 1. The lowest BCUT2D eigenvalue weighted by Gasteiger charge is -2.09. The molecular weight excluding hydrogens is 230 g/mol. The molecule has 3 heteroatoms. The van der Waals surface area contributed by atoms with Gasteiger partial charge in [-0.05, 0) is 24.7 Å². The molecule has 0 saturated carbocycles. The van der Waals surface area contributed by atoms with Crippen LogP contribution in [0.3, 0.4) is 0 Å². The molecule has 0 amide bonds. The Labute approximate surface area is 106 Å². The summed E-state index contributed by atoms with van der Waals surface area (Å²) in [5.74, 6) is 1.33. The van der Waals surface area contributed by atoms with E-state index < -0.39 is 0 Å². The summed E-state index contributed by atoms with van der Waals surface area (Å²) in [6.45, 7) is 2.03. The van der Waals surface area contributed by atoms with E-state index in [0.29, 0.717) is 0 Å². The first kappa shape index (κ1) is 11.2. The van der Waals surface area contributed by atoms with E-state index in [1.807, 2.05) is 18.4 Å². The van der Waals surface area contributed by atoms with Crippen molar-refractivity contribution >= 4 is 22.7 Å². The smallest absolute Gasteiger partial charge is 0.134 e. The van der Waals surface area contributed by atoms with Crippen molar-refractivity contribution in [2.45, 2.75) is 24.6 Å². The van der Waals surface area contributed by atoms with Gasteiger partial charge in [0, 0.05) is 29.3 Å². The minimum atomic E-state index is 0.813. The predicted octanol–water partition coefficient (Wildman–Crippen LogP) is 3.42. The van der Waals surface area contributed by atoms with Crippen molar-refractivity contribution in [3.05, 3.63) is 36.1 Å². The Morgan fingerprint density at radius 1 is 1.35 bits per heavy atom. The average Bonchev–Trinajstić information content (AvgIpc) is 2.99. The molecule has 1 fully saturated rings. The van der Waals surface area contributed by atoms with E-state index in [1.54, 1.807) is 0 Å². The van der Waals surface area contributed by atoms with Crippen molar-refractivity contribution in [1.82, 2.24) is 5.32 Å². The Hall–Kier alpha value is -0.930. The maximum Gasteiger partial charge on any atom is 0.134 e. The number of hydrogen-bond acceptors (Lipinski definition) is 3. The van der Waals surface area contributed by atoms with Gasteiger partial charge < -0.3 is 9.73 Å². The van der Waals surface area contributed by atoms with E-state index in [2.05, 4.69) is 29.2 Å². The molecule has 1 atom stereocenters. The fourth-order valence-electron chi connectivity index (χ4n) is 2.34. The minimum absolute atomic E-state index is 0.813. The molecule has 0 spiro atoms. The third kappa shape index (κ3) is 2.50. The predicted molar refractivity (Wildman–Crippen MR) is 73.4 cm³/mol. The van der Waals surface area contributed by atoms with Crippen molar-refractivity contribution in [1.29, 1.82) is 0 Å². The van der Waals surface area contributed by atoms with Gasteiger partial charge in [-0.1, -0.05) is 18.2 Å². The molecule has 1 aliphatic rings. The molecule has 17 heavy (non-hydrogen) atoms. The highest BCUT2D eigenvalue weighted by Crippen LogP contribution is 2.25. The van der Waals surface area contributed by atoms with Crippen LogP contribution in [-0.4, -0.2) is 17.5 Å². The highest BCUT2D eigenvalue weighted by molar-refractivity contribution is 8.00. The Morgan fingerprint density at radius 2 is 2.29 bits per heavy atom. The molecule has 0 aliphatic carbocycles. The minimum Gasteiger partial charge on any atom is -0.464 e. The summed E-state index contributed by atoms with van der Waals surface area (Å²) in [6, 6.07) is 8.22. The zero-order valence-electron chi connectivity index (χ0n) is 9.82. The highest BCUT2D eigenvalue weighted by Gasteiger charge is 2.14. The van der Waals surface area contributed by atoms with Crippen LogP contribution < -0.4 is 5.32 Å². The Balaban J connectivity index is 1.60. The van der Waals surface area contributed by atoms with Gasteiger partial charge in [0.15, 0.2) is 0 Å². The average molecular weight is 247 g/mol. The number of para-hydroxylation sites is 1. The fraction of sp³-hybridized carbons (Fsp3) is 0.429. The van der Waals surface area contributed by atoms with E-state index in [1.165, 1.54) is 29.5 Å². The summed E-state index contributed by atoms with van der Waals surface area (Å²) in [7, 11) is 0. The molecule has 1 aromatic heterocycles. The van der Waals surface area contributed by atoms with Gasteiger partial charge in [0.1, 0.15) is 5.58 Å². The first-order valence-electron chi connectivity index (χ1n) is 6.21. The van der Waals surface area contributed by atoms with Crippen molar-refractivity contribution in [2.75, 3.05) is 12.3 Å². The fourth-order valence-corrected chi connectivity index (χ4v) is 3.58. The van der Waals surface area contributed by atoms with Crippen LogP contribution in [0.4, 0.5) is 0 Å². The number of furan rings is 1. The zero-order chi connectivity index (χ0) is 11.5. The molecule has 1 saturated heterocycles. The van der Waals surface area contributed by atoms with Gasteiger partial charge in [0.25, 0.3) is 0 Å². The lowest BCUT2D eigenvalue weighted by atomic mass is 10.2. The number of nitrogens with one attached hydrogen (secondary N) is 1. The second kappa shape index (κ2) is 5.15. The molecule has 1 aliphatic heterocycles. The van der Waals surface area contributed by atoms with E-state index >= 15 is 0 Å². The van der Waals surface area contributed by atoms with E-state index in [-0.39, 0.29) is 0 Å². The van der Waals surface area contributed by atoms with Crippen molar-refractivity contribution < 1.29 is 4.42 Å². The summed E-state index contributed by atoms with van der Waals surface area (Å²) in [5, 5.41) is 5.59. The molecular formula is C14H17NOS. The summed E-state index contributed by atoms with van der Waals surface area (Å²) in [4.78, 5) is 0. The SMILES string of the molecule is c1ccc2c(CNCC3CCCS3)coc2c1. The van der Waals surface area contributed by atoms with E-state index in [9.17, 15) is 0 Å². The molecule has 2 nitrogen and oxygen atoms in total. The topological polar surface area (TPSA) is 25.2 Å². The molecule has 0 radical (unpaired) electrons. The van der Waals surface area contributed by atoms with Gasteiger partial charge in [-0.3, -0.25) is 0 Å². The number of fused-ring (bicyclic) bond motifs is 1. The van der Waals surface area contributed by atoms with Crippen LogP contribution in [0.1, 0.15) is 18.4 Å². The van der Waals surface area contributed by atoms with E-state index in [4.69, 9.17) is 4.42 Å². The van der Waals surface area contributed by atoms with Crippen LogP contribution in [0.15, 0.2) is 34.9 Å². The van der Waals surface area contributed by atoms with Crippen LogP contribution in [0, 0.1) is 0 Å². The molecule has 0 bridgehead atoms. The molecule has 90 valence electrons. The second-order valence-corrected chi connectivity index (χ2v) is 5.93. The molecule has 1 N–H and O–H groups in total. The second-order valence-electron chi connectivity index (χ2n) is 4.52. The summed E-state index contributed by atoms with van der Waals surface area (Å²) in [6.07, 6.45) is 4.62. The summed E-state index contributed by atoms with van der Waals surface area (Å²) < 4.78 is 5.53. The zero-order valence-corrected chi connectivity index (χ0v) is 10.6. The highest BCUT2D eigenvalue weighted by atomic mass is 32.2. The lowest BCUT2D eigenvalue weighted by Crippen LogP contribution is -2.22. The lowest BCUT2D eigenvalue weighted by molar-refractivity contribution is 0.598. The maximum atomic E-state index is 5.53. The van der Waals surface area contributed by atoms with Gasteiger partial charge in [-0.2, -0.15) is 11.8 Å². The van der Waals surface area contributed by atoms with Crippen LogP contribution >= 0.6 is 11.8 Å². The first-order chi connectivity index (χ1) is 8.43. The van der Waals surface area contributed by atoms with Crippen molar-refractivity contribution in [2.24, 2.45) is 0 Å². The molecule has 1 unspecified atom stereocenters. The molecule has 3 rings (SSSR count). The summed E-state index contributed by atoms with van der Waals surface area (Å²) >= 11 is 2.10. The maximum absolute atomic E-state index is 5.53. The van der Waals surface area contributed by atoms with Crippen molar-refractivity contribution in [3.63, 3.8) is 0 Å². The summed E-state index contributed by atoms with van der Waals surface area (Å²) in [5.41, 5.74) is 2.25. The van der Waals surface area contributed by atoms with Crippen molar-refractivity contribution in [3.8, 4) is 0 Å². The Kier molecular flexibility index (Phi) is 3.39. The van der Waals surface area contributed by atoms with Gasteiger partial charge in [0.05, 0.1) is 6.26 Å². The largest absolute Gasteiger partial charge is 0.464 e. The van der Waals surface area contributed by atoms with E-state index in [0.717, 1.165) is 23.9 Å². The van der Waals surface area contributed by atoms with Crippen LogP contribution in [0.5, 0.6) is 0 Å². The Morgan fingerprint density at radius 3 is 3.18 bits per heavy atom. The molecule has 2 heterocycles. The molecule has 2 aromatic rings. The molecule has 1 aromatic carbocycles. The third-order valence-electron chi connectivity index (χ3n) is 3.27. The first-order valence-corrected chi connectivity index (χ1v) is 7.26.